The molecule has 1 aliphatic rings. The summed E-state index contributed by atoms with van der Waals surface area (Å²) >= 11 is 0. The van der Waals surface area contributed by atoms with Gasteiger partial charge in [-0.25, -0.2) is 0 Å². The molecule has 0 aliphatic heterocycles. The van der Waals surface area contributed by atoms with Crippen molar-refractivity contribution in [2.45, 2.75) is 31.8 Å². The van der Waals surface area contributed by atoms with Gasteiger partial charge in [-0.3, -0.25) is 0 Å². The number of aliphatic hydroxyl groups excluding tert-OH is 1. The van der Waals surface area contributed by atoms with Gasteiger partial charge in [0.25, 0.3) is 0 Å². The molecule has 16 heavy (non-hydrogen) atoms. The third-order valence-electron chi connectivity index (χ3n) is 3.25. The maximum Gasteiger partial charge on any atom is 0.121 e. The molecule has 1 unspecified atom stereocenters. The van der Waals surface area contributed by atoms with Gasteiger partial charge in [-0.15, -0.1) is 0 Å². The molecule has 1 aromatic rings. The van der Waals surface area contributed by atoms with Gasteiger partial charge in [0.15, 0.2) is 0 Å². The Kier molecular flexibility index (Phi) is 3.46. The van der Waals surface area contributed by atoms with Crippen LogP contribution in [-0.2, 0) is 12.8 Å². The van der Waals surface area contributed by atoms with E-state index in [0.717, 1.165) is 12.8 Å². The Labute approximate surface area is 96.1 Å². The Balaban J connectivity index is 2.31. The first-order valence-corrected chi connectivity index (χ1v) is 5.89. The molecule has 3 nitrogen and oxygen atoms in total. The number of fused-ring (bicyclic) bond motifs is 1. The molecule has 88 valence electrons. The van der Waals surface area contributed by atoms with E-state index in [1.54, 1.807) is 7.05 Å². The van der Waals surface area contributed by atoms with Crippen molar-refractivity contribution in [1.82, 2.24) is 5.32 Å². The van der Waals surface area contributed by atoms with Crippen LogP contribution in [0.5, 0.6) is 5.75 Å². The van der Waals surface area contributed by atoms with Gasteiger partial charge in [-0.1, -0.05) is 0 Å². The van der Waals surface area contributed by atoms with Crippen LogP contribution in [0, 0.1) is 0 Å². The molecule has 2 rings (SSSR count). The molecule has 0 saturated carbocycles. The average Bonchev–Trinajstić information content (AvgIpc) is 2.28. The fourth-order valence-electron chi connectivity index (χ4n) is 2.36. The predicted molar refractivity (Wildman–Crippen MR) is 63.6 cm³/mol. The molecule has 0 heterocycles. The number of aryl methyl sites for hydroxylation is 2. The van der Waals surface area contributed by atoms with Gasteiger partial charge < -0.3 is 15.5 Å². The summed E-state index contributed by atoms with van der Waals surface area (Å²) in [5.74, 6) is 0.225. The van der Waals surface area contributed by atoms with Gasteiger partial charge >= 0.3 is 0 Å². The highest BCUT2D eigenvalue weighted by atomic mass is 16.3. The van der Waals surface area contributed by atoms with Crippen molar-refractivity contribution < 1.29 is 10.2 Å². The lowest BCUT2D eigenvalue weighted by Gasteiger charge is -2.20. The number of rotatable bonds is 3. The molecule has 1 atom stereocenters. The third-order valence-corrected chi connectivity index (χ3v) is 3.25. The van der Waals surface area contributed by atoms with Crippen LogP contribution in [-0.4, -0.2) is 23.8 Å². The molecule has 0 fully saturated rings. The Hall–Kier alpha value is -1.06. The maximum atomic E-state index is 9.88. The van der Waals surface area contributed by atoms with Crippen molar-refractivity contribution in [2.24, 2.45) is 0 Å². The molecule has 0 aromatic heterocycles. The van der Waals surface area contributed by atoms with E-state index < -0.39 is 6.10 Å². The topological polar surface area (TPSA) is 52.5 Å². The van der Waals surface area contributed by atoms with E-state index in [1.165, 1.54) is 24.0 Å². The number of hydrogen-bond acceptors (Lipinski definition) is 3. The number of hydrogen-bond donors (Lipinski definition) is 3. The van der Waals surface area contributed by atoms with Gasteiger partial charge in [0, 0.05) is 12.1 Å². The molecule has 0 spiro atoms. The lowest BCUT2D eigenvalue weighted by molar-refractivity contribution is 0.173. The Bertz CT molecular complexity index is 376. The van der Waals surface area contributed by atoms with E-state index in [0.29, 0.717) is 12.1 Å². The zero-order chi connectivity index (χ0) is 11.5. The van der Waals surface area contributed by atoms with E-state index in [2.05, 4.69) is 5.32 Å². The quantitative estimate of drug-likeness (QED) is 0.725. The van der Waals surface area contributed by atoms with E-state index in [9.17, 15) is 10.2 Å². The summed E-state index contributed by atoms with van der Waals surface area (Å²) in [6, 6.07) is 3.79. The lowest BCUT2D eigenvalue weighted by Crippen LogP contribution is -2.17. The Morgan fingerprint density at radius 1 is 1.25 bits per heavy atom. The molecule has 0 bridgehead atoms. The SMILES string of the molecule is CNCC(O)c1cc2c(cc1O)CCCC2. The summed E-state index contributed by atoms with van der Waals surface area (Å²) in [5, 5.41) is 22.7. The minimum atomic E-state index is -0.628. The Morgan fingerprint density at radius 2 is 1.88 bits per heavy atom. The minimum Gasteiger partial charge on any atom is -0.508 e. The summed E-state index contributed by atoms with van der Waals surface area (Å²) in [4.78, 5) is 0. The molecule has 0 amide bonds. The molecule has 0 radical (unpaired) electrons. The van der Waals surface area contributed by atoms with Gasteiger partial charge in [0.2, 0.25) is 0 Å². The van der Waals surface area contributed by atoms with Crippen LogP contribution >= 0.6 is 0 Å². The van der Waals surface area contributed by atoms with Crippen LogP contribution in [0.15, 0.2) is 12.1 Å². The maximum absolute atomic E-state index is 9.88. The first kappa shape index (κ1) is 11.4. The number of nitrogens with one attached hydrogen (secondary N) is 1. The van der Waals surface area contributed by atoms with Crippen LogP contribution < -0.4 is 5.32 Å². The number of benzene rings is 1. The number of phenols is 1. The van der Waals surface area contributed by atoms with Crippen molar-refractivity contribution in [2.75, 3.05) is 13.6 Å². The van der Waals surface area contributed by atoms with Crippen LogP contribution in [0.3, 0.4) is 0 Å². The highest BCUT2D eigenvalue weighted by molar-refractivity contribution is 5.44. The molecule has 1 aliphatic carbocycles. The average molecular weight is 221 g/mol. The highest BCUT2D eigenvalue weighted by Crippen LogP contribution is 2.31. The van der Waals surface area contributed by atoms with Crippen LogP contribution in [0.25, 0.3) is 0 Å². The monoisotopic (exact) mass is 221 g/mol. The molecular formula is C13H19NO2. The number of aromatic hydroxyl groups is 1. The fourth-order valence-corrected chi connectivity index (χ4v) is 2.36. The van der Waals surface area contributed by atoms with Crippen molar-refractivity contribution in [1.29, 1.82) is 0 Å². The van der Waals surface area contributed by atoms with E-state index in [4.69, 9.17) is 0 Å². The largest absolute Gasteiger partial charge is 0.508 e. The number of likely N-dealkylation sites (N-methyl/N-ethyl adjacent to an activating group) is 1. The predicted octanol–water partition coefficient (Wildman–Crippen LogP) is 1.52. The summed E-state index contributed by atoms with van der Waals surface area (Å²) in [5.41, 5.74) is 3.17. The van der Waals surface area contributed by atoms with E-state index in [1.807, 2.05) is 12.1 Å². The fraction of sp³-hybridized carbons (Fsp3) is 0.538. The normalized spacial score (nSPS) is 16.9. The summed E-state index contributed by atoms with van der Waals surface area (Å²) in [6.07, 6.45) is 3.89. The Morgan fingerprint density at radius 3 is 2.50 bits per heavy atom. The van der Waals surface area contributed by atoms with Gasteiger partial charge in [0.05, 0.1) is 6.10 Å². The summed E-state index contributed by atoms with van der Waals surface area (Å²) in [7, 11) is 1.79. The summed E-state index contributed by atoms with van der Waals surface area (Å²) in [6.45, 7) is 0.465. The van der Waals surface area contributed by atoms with Crippen molar-refractivity contribution >= 4 is 0 Å². The van der Waals surface area contributed by atoms with E-state index >= 15 is 0 Å². The number of phenolic OH excluding ortho intramolecular Hbond substituents is 1. The number of aliphatic hydroxyl groups is 1. The van der Waals surface area contributed by atoms with Crippen molar-refractivity contribution in [3.8, 4) is 5.75 Å². The first-order chi connectivity index (χ1) is 7.72. The van der Waals surface area contributed by atoms with Crippen molar-refractivity contribution in [3.05, 3.63) is 28.8 Å². The minimum absolute atomic E-state index is 0.225. The van der Waals surface area contributed by atoms with Crippen LogP contribution in [0.2, 0.25) is 0 Å². The van der Waals surface area contributed by atoms with Crippen LogP contribution in [0.4, 0.5) is 0 Å². The molecular weight excluding hydrogens is 202 g/mol. The third kappa shape index (κ3) is 2.20. The molecule has 3 heteroatoms. The smallest absolute Gasteiger partial charge is 0.121 e. The molecule has 1 aromatic carbocycles. The van der Waals surface area contributed by atoms with Gasteiger partial charge in [-0.2, -0.15) is 0 Å². The highest BCUT2D eigenvalue weighted by Gasteiger charge is 2.17. The lowest BCUT2D eigenvalue weighted by atomic mass is 9.89. The van der Waals surface area contributed by atoms with Gasteiger partial charge in [0.1, 0.15) is 5.75 Å². The molecule has 3 N–H and O–H groups in total. The first-order valence-electron chi connectivity index (χ1n) is 5.89. The standard InChI is InChI=1S/C13H19NO2/c1-14-8-13(16)11-6-9-4-2-3-5-10(9)7-12(11)15/h6-7,13-16H,2-5,8H2,1H3. The molecule has 0 saturated heterocycles. The van der Waals surface area contributed by atoms with Gasteiger partial charge in [-0.05, 0) is 56.0 Å². The van der Waals surface area contributed by atoms with Crippen molar-refractivity contribution in [3.63, 3.8) is 0 Å². The zero-order valence-corrected chi connectivity index (χ0v) is 9.66. The second-order valence-corrected chi connectivity index (χ2v) is 4.46. The van der Waals surface area contributed by atoms with Crippen LogP contribution in [0.1, 0.15) is 35.6 Å². The second-order valence-electron chi connectivity index (χ2n) is 4.46. The zero-order valence-electron chi connectivity index (χ0n) is 9.66. The second kappa shape index (κ2) is 4.85. The summed E-state index contributed by atoms with van der Waals surface area (Å²) < 4.78 is 0. The van der Waals surface area contributed by atoms with E-state index in [-0.39, 0.29) is 5.75 Å².